The third-order valence-electron chi connectivity index (χ3n) is 5.22. The van der Waals surface area contributed by atoms with E-state index in [2.05, 4.69) is 10.6 Å². The minimum atomic E-state index is -0.896. The average molecular weight is 429 g/mol. The van der Waals surface area contributed by atoms with E-state index in [4.69, 9.17) is 5.73 Å². The lowest BCUT2D eigenvalue weighted by atomic mass is 9.97. The van der Waals surface area contributed by atoms with E-state index in [0.717, 1.165) is 18.1 Å². The first kappa shape index (κ1) is 22.0. The van der Waals surface area contributed by atoms with Crippen LogP contribution in [0.2, 0.25) is 0 Å². The first-order valence-corrected chi connectivity index (χ1v) is 9.89. The van der Waals surface area contributed by atoms with E-state index in [9.17, 15) is 24.1 Å². The summed E-state index contributed by atoms with van der Waals surface area (Å²) in [5.41, 5.74) is 6.30. The zero-order valence-corrected chi connectivity index (χ0v) is 17.1. The number of hydrogen-bond acceptors (Lipinski definition) is 5. The Morgan fingerprint density at radius 3 is 2.68 bits per heavy atom. The van der Waals surface area contributed by atoms with Crippen LogP contribution in [0, 0.1) is 28.8 Å². The van der Waals surface area contributed by atoms with E-state index in [1.165, 1.54) is 4.90 Å². The van der Waals surface area contributed by atoms with Crippen LogP contribution in [0.3, 0.4) is 0 Å². The molecule has 164 valence electrons. The highest BCUT2D eigenvalue weighted by Gasteiger charge is 2.29. The fourth-order valence-corrected chi connectivity index (χ4v) is 3.57. The molecule has 0 saturated carbocycles. The van der Waals surface area contributed by atoms with Crippen LogP contribution in [0.15, 0.2) is 36.4 Å². The molecule has 1 fully saturated rings. The van der Waals surface area contributed by atoms with Crippen molar-refractivity contribution in [2.75, 3.05) is 30.7 Å². The van der Waals surface area contributed by atoms with Gasteiger partial charge in [0.2, 0.25) is 0 Å². The van der Waals surface area contributed by atoms with E-state index >= 15 is 0 Å². The van der Waals surface area contributed by atoms with Crippen LogP contribution in [-0.2, 0) is 0 Å². The highest BCUT2D eigenvalue weighted by molar-refractivity contribution is 6.01. The zero-order valence-electron chi connectivity index (χ0n) is 17.1. The number of amides is 3. The number of nitro benzene ring substituents is 1. The molecule has 1 aliphatic heterocycles. The number of carbonyl (C=O) groups is 2. The van der Waals surface area contributed by atoms with Gasteiger partial charge in [-0.25, -0.2) is 9.18 Å². The molecule has 2 aromatic rings. The van der Waals surface area contributed by atoms with Gasteiger partial charge in [0.1, 0.15) is 11.5 Å². The van der Waals surface area contributed by atoms with Crippen molar-refractivity contribution < 1.29 is 18.9 Å². The number of anilines is 2. The molecular weight excluding hydrogens is 405 g/mol. The Morgan fingerprint density at radius 2 is 2.00 bits per heavy atom. The molecule has 2 aromatic carbocycles. The van der Waals surface area contributed by atoms with Gasteiger partial charge in [-0.3, -0.25) is 14.9 Å². The molecule has 3 amide bonds. The molecule has 1 saturated heterocycles. The fraction of sp³-hybridized carbons (Fsp3) is 0.333. The number of nitrogens with two attached hydrogens (primary N) is 1. The Morgan fingerprint density at radius 1 is 1.29 bits per heavy atom. The SMILES string of the molecule is Cc1ccc(NC(=O)NCC2CCCN(C(=O)c3cc(F)cc([N+](=O)[O-])c3N)C2)cc1. The van der Waals surface area contributed by atoms with E-state index in [-0.39, 0.29) is 23.2 Å². The number of hydrogen-bond donors (Lipinski definition) is 3. The van der Waals surface area contributed by atoms with Crippen LogP contribution in [0.1, 0.15) is 28.8 Å². The molecular formula is C21H24FN5O4. The van der Waals surface area contributed by atoms with Crippen LogP contribution >= 0.6 is 0 Å². The van der Waals surface area contributed by atoms with Crippen molar-refractivity contribution in [2.45, 2.75) is 19.8 Å². The van der Waals surface area contributed by atoms with Crippen molar-refractivity contribution in [3.05, 3.63) is 63.5 Å². The maximum absolute atomic E-state index is 13.8. The molecule has 0 aromatic heterocycles. The van der Waals surface area contributed by atoms with Gasteiger partial charge in [-0.05, 0) is 43.9 Å². The van der Waals surface area contributed by atoms with Gasteiger partial charge in [0.15, 0.2) is 0 Å². The van der Waals surface area contributed by atoms with Gasteiger partial charge in [-0.2, -0.15) is 0 Å². The Bertz CT molecular complexity index is 996. The number of nitrogen functional groups attached to an aromatic ring is 1. The molecule has 4 N–H and O–H groups in total. The Hall–Kier alpha value is -3.69. The maximum atomic E-state index is 13.8. The monoisotopic (exact) mass is 429 g/mol. The predicted molar refractivity (Wildman–Crippen MR) is 114 cm³/mol. The molecule has 31 heavy (non-hydrogen) atoms. The van der Waals surface area contributed by atoms with Gasteiger partial charge in [-0.1, -0.05) is 17.7 Å². The lowest BCUT2D eigenvalue weighted by Crippen LogP contribution is -2.44. The van der Waals surface area contributed by atoms with E-state index < -0.39 is 22.3 Å². The van der Waals surface area contributed by atoms with Crippen LogP contribution in [0.25, 0.3) is 0 Å². The van der Waals surface area contributed by atoms with E-state index in [0.29, 0.717) is 37.8 Å². The van der Waals surface area contributed by atoms with Gasteiger partial charge in [0, 0.05) is 25.3 Å². The average Bonchev–Trinajstić information content (AvgIpc) is 2.75. The summed E-state index contributed by atoms with van der Waals surface area (Å²) in [6, 6.07) is 8.66. The molecule has 0 aliphatic carbocycles. The zero-order chi connectivity index (χ0) is 22.5. The molecule has 1 atom stereocenters. The summed E-state index contributed by atoms with van der Waals surface area (Å²) < 4.78 is 13.8. The number of benzene rings is 2. The van der Waals surface area contributed by atoms with E-state index in [1.807, 2.05) is 19.1 Å². The van der Waals surface area contributed by atoms with Crippen molar-refractivity contribution in [2.24, 2.45) is 5.92 Å². The lowest BCUT2D eigenvalue weighted by Gasteiger charge is -2.33. The number of nitro groups is 1. The quantitative estimate of drug-likeness (QED) is 0.381. The second-order valence-corrected chi connectivity index (χ2v) is 7.60. The fourth-order valence-electron chi connectivity index (χ4n) is 3.57. The molecule has 1 aliphatic rings. The normalized spacial score (nSPS) is 15.9. The molecule has 9 nitrogen and oxygen atoms in total. The van der Waals surface area contributed by atoms with E-state index in [1.54, 1.807) is 12.1 Å². The van der Waals surface area contributed by atoms with Gasteiger partial charge in [0.25, 0.3) is 11.6 Å². The molecule has 0 radical (unpaired) electrons. The molecule has 3 rings (SSSR count). The van der Waals surface area contributed by atoms with Gasteiger partial charge in [0.05, 0.1) is 16.6 Å². The Labute approximate surface area is 178 Å². The lowest BCUT2D eigenvalue weighted by molar-refractivity contribution is -0.384. The van der Waals surface area contributed by atoms with Crippen molar-refractivity contribution in [1.82, 2.24) is 10.2 Å². The maximum Gasteiger partial charge on any atom is 0.319 e. The van der Waals surface area contributed by atoms with Crippen molar-refractivity contribution in [3.8, 4) is 0 Å². The third kappa shape index (κ3) is 5.47. The number of rotatable bonds is 5. The standard InChI is InChI=1S/C21H24FN5O4/c1-13-4-6-16(7-5-13)25-21(29)24-11-14-3-2-8-26(12-14)20(28)17-9-15(22)10-18(19(17)23)27(30)31/h4-7,9-10,14H,2-3,8,11-12,23H2,1H3,(H2,24,25,29). The summed E-state index contributed by atoms with van der Waals surface area (Å²) in [6.45, 7) is 3.05. The number of nitrogens with one attached hydrogen (secondary N) is 2. The summed E-state index contributed by atoms with van der Waals surface area (Å²) in [4.78, 5) is 36.7. The van der Waals surface area contributed by atoms with Gasteiger partial charge < -0.3 is 21.3 Å². The summed E-state index contributed by atoms with van der Waals surface area (Å²) in [7, 11) is 0. The third-order valence-corrected chi connectivity index (χ3v) is 5.22. The highest BCUT2D eigenvalue weighted by atomic mass is 19.1. The van der Waals surface area contributed by atoms with Crippen LogP contribution < -0.4 is 16.4 Å². The number of likely N-dealkylation sites (tertiary alicyclic amines) is 1. The van der Waals surface area contributed by atoms with Crippen LogP contribution in [0.5, 0.6) is 0 Å². The Balaban J connectivity index is 1.60. The summed E-state index contributed by atoms with van der Waals surface area (Å²) in [5.74, 6) is -1.47. The minimum absolute atomic E-state index is 0.00811. The number of carbonyl (C=O) groups excluding carboxylic acids is 2. The second-order valence-electron chi connectivity index (χ2n) is 7.60. The summed E-state index contributed by atoms with van der Waals surface area (Å²) >= 11 is 0. The highest BCUT2D eigenvalue weighted by Crippen LogP contribution is 2.29. The Kier molecular flexibility index (Phi) is 6.68. The minimum Gasteiger partial charge on any atom is -0.393 e. The molecule has 1 unspecified atom stereocenters. The van der Waals surface area contributed by atoms with Crippen molar-refractivity contribution >= 4 is 29.0 Å². The van der Waals surface area contributed by atoms with Crippen LogP contribution in [-0.4, -0.2) is 41.4 Å². The van der Waals surface area contributed by atoms with Crippen LogP contribution in [0.4, 0.5) is 26.2 Å². The molecule has 1 heterocycles. The number of halogens is 1. The summed E-state index contributed by atoms with van der Waals surface area (Å²) in [6.07, 6.45) is 1.49. The number of piperidine rings is 1. The topological polar surface area (TPSA) is 131 Å². The summed E-state index contributed by atoms with van der Waals surface area (Å²) in [5, 5.41) is 16.6. The van der Waals surface area contributed by atoms with Crippen molar-refractivity contribution in [1.29, 1.82) is 0 Å². The number of aryl methyl sites for hydroxylation is 1. The first-order chi connectivity index (χ1) is 14.7. The largest absolute Gasteiger partial charge is 0.393 e. The number of urea groups is 1. The molecule has 0 spiro atoms. The predicted octanol–water partition coefficient (Wildman–Crippen LogP) is 3.30. The number of nitrogens with zero attached hydrogens (tertiary/aromatic N) is 2. The first-order valence-electron chi connectivity index (χ1n) is 9.89. The smallest absolute Gasteiger partial charge is 0.319 e. The molecule has 0 bridgehead atoms. The van der Waals surface area contributed by atoms with Gasteiger partial charge in [-0.15, -0.1) is 0 Å². The second kappa shape index (κ2) is 9.41. The van der Waals surface area contributed by atoms with Gasteiger partial charge >= 0.3 is 6.03 Å². The van der Waals surface area contributed by atoms with Crippen molar-refractivity contribution in [3.63, 3.8) is 0 Å². The molecule has 10 heteroatoms.